The van der Waals surface area contributed by atoms with Crippen LogP contribution < -0.4 is 15.5 Å². The van der Waals surface area contributed by atoms with Gasteiger partial charge in [0.2, 0.25) is 17.7 Å². The summed E-state index contributed by atoms with van der Waals surface area (Å²) in [5.41, 5.74) is 7.05. The number of anilines is 1. The fourth-order valence-electron chi connectivity index (χ4n) is 4.85. The highest BCUT2D eigenvalue weighted by atomic mass is 16.2. The molecule has 2 N–H and O–H groups in total. The molecular formula is C35H33N5O3. The predicted molar refractivity (Wildman–Crippen MR) is 166 cm³/mol. The van der Waals surface area contributed by atoms with Crippen molar-refractivity contribution in [2.45, 2.75) is 39.2 Å². The Morgan fingerprint density at radius 2 is 1.42 bits per heavy atom. The van der Waals surface area contributed by atoms with E-state index in [1.807, 2.05) is 79.7 Å². The van der Waals surface area contributed by atoms with Gasteiger partial charge in [-0.2, -0.15) is 0 Å². The summed E-state index contributed by atoms with van der Waals surface area (Å²) in [4.78, 5) is 48.7. The average Bonchev–Trinajstić information content (AvgIpc) is 3.02. The highest BCUT2D eigenvalue weighted by Gasteiger charge is 2.21. The first kappa shape index (κ1) is 29.2. The molecule has 5 rings (SSSR count). The molecule has 0 fully saturated rings. The topological polar surface area (TPSA) is 104 Å². The molecule has 1 aliphatic heterocycles. The van der Waals surface area contributed by atoms with Crippen LogP contribution in [-0.4, -0.2) is 40.8 Å². The SMILES string of the molecule is Cc1ccnc(-c2cc(CCC(=O)NCCNC(=O)CCC(=O)N3Cc4ccccc4C#Cc4ccccc43)ccn2)c1. The largest absolute Gasteiger partial charge is 0.354 e. The number of nitrogens with zero attached hydrogens (tertiary/aromatic N) is 3. The van der Waals surface area contributed by atoms with E-state index >= 15 is 0 Å². The van der Waals surface area contributed by atoms with Gasteiger partial charge in [0.05, 0.1) is 23.6 Å². The smallest absolute Gasteiger partial charge is 0.227 e. The Bertz CT molecular complexity index is 1700. The van der Waals surface area contributed by atoms with Gasteiger partial charge in [0, 0.05) is 55.9 Å². The first-order chi connectivity index (χ1) is 21.0. The Balaban J connectivity index is 1.05. The van der Waals surface area contributed by atoms with Gasteiger partial charge in [-0.05, 0) is 72.5 Å². The van der Waals surface area contributed by atoms with Crippen LogP contribution in [0.15, 0.2) is 85.2 Å². The standard InChI is InChI=1S/C35H33N5O3/c1-25-16-18-36-30(22-25)31-23-26(17-19-37-31)10-13-33(41)38-20-21-39-34(42)14-15-35(43)40-24-29-8-3-2-6-27(29)11-12-28-7-4-5-9-32(28)40/h2-9,16-19,22-23H,10,13-15,20-21,24H2,1H3,(H,38,41)(H,39,42). The van der Waals surface area contributed by atoms with E-state index in [0.29, 0.717) is 25.9 Å². The summed E-state index contributed by atoms with van der Waals surface area (Å²) in [7, 11) is 0. The van der Waals surface area contributed by atoms with Crippen molar-refractivity contribution in [3.8, 4) is 23.2 Å². The van der Waals surface area contributed by atoms with E-state index in [9.17, 15) is 14.4 Å². The van der Waals surface area contributed by atoms with Crippen molar-refractivity contribution in [2.75, 3.05) is 18.0 Å². The number of aryl methyl sites for hydroxylation is 2. The minimum Gasteiger partial charge on any atom is -0.354 e. The van der Waals surface area contributed by atoms with Crippen molar-refractivity contribution >= 4 is 23.4 Å². The van der Waals surface area contributed by atoms with Crippen molar-refractivity contribution < 1.29 is 14.4 Å². The van der Waals surface area contributed by atoms with Crippen molar-refractivity contribution in [3.63, 3.8) is 0 Å². The van der Waals surface area contributed by atoms with E-state index in [4.69, 9.17) is 0 Å². The highest BCUT2D eigenvalue weighted by molar-refractivity contribution is 5.97. The summed E-state index contributed by atoms with van der Waals surface area (Å²) in [5.74, 6) is 5.90. The number of aromatic nitrogens is 2. The van der Waals surface area contributed by atoms with E-state index in [2.05, 4.69) is 32.4 Å². The quantitative estimate of drug-likeness (QED) is 0.218. The van der Waals surface area contributed by atoms with E-state index in [-0.39, 0.29) is 37.1 Å². The highest BCUT2D eigenvalue weighted by Crippen LogP contribution is 2.26. The number of carbonyl (C=O) groups excluding carboxylic acids is 3. The Morgan fingerprint density at radius 3 is 2.21 bits per heavy atom. The van der Waals surface area contributed by atoms with E-state index in [1.165, 1.54) is 0 Å². The summed E-state index contributed by atoms with van der Waals surface area (Å²) in [6.07, 6.45) is 4.49. The predicted octanol–water partition coefficient (Wildman–Crippen LogP) is 4.34. The van der Waals surface area contributed by atoms with Gasteiger partial charge < -0.3 is 15.5 Å². The van der Waals surface area contributed by atoms with Crippen LogP contribution in [0.25, 0.3) is 11.4 Å². The molecule has 8 heteroatoms. The molecule has 216 valence electrons. The molecule has 0 atom stereocenters. The maximum absolute atomic E-state index is 13.3. The van der Waals surface area contributed by atoms with Gasteiger partial charge >= 0.3 is 0 Å². The molecule has 0 radical (unpaired) electrons. The number of carbonyl (C=O) groups is 3. The lowest BCUT2D eigenvalue weighted by Crippen LogP contribution is -2.36. The van der Waals surface area contributed by atoms with Crippen LogP contribution in [0.3, 0.4) is 0 Å². The van der Waals surface area contributed by atoms with Gasteiger partial charge in [-0.1, -0.05) is 42.2 Å². The van der Waals surface area contributed by atoms with Gasteiger partial charge in [-0.25, -0.2) is 0 Å². The van der Waals surface area contributed by atoms with Gasteiger partial charge in [0.15, 0.2) is 0 Å². The second-order valence-electron chi connectivity index (χ2n) is 10.4. The van der Waals surface area contributed by atoms with Gasteiger partial charge in [-0.3, -0.25) is 24.4 Å². The van der Waals surface area contributed by atoms with Crippen molar-refractivity contribution in [1.29, 1.82) is 0 Å². The zero-order chi connectivity index (χ0) is 30.0. The van der Waals surface area contributed by atoms with Crippen LogP contribution in [-0.2, 0) is 27.3 Å². The molecule has 0 saturated carbocycles. The molecule has 3 amide bonds. The van der Waals surface area contributed by atoms with Crippen LogP contribution in [0.5, 0.6) is 0 Å². The first-order valence-corrected chi connectivity index (χ1v) is 14.4. The Kier molecular flexibility index (Phi) is 9.55. The van der Waals surface area contributed by atoms with Gasteiger partial charge in [-0.15, -0.1) is 0 Å². The minimum atomic E-state index is -0.239. The second-order valence-corrected chi connectivity index (χ2v) is 10.4. The lowest BCUT2D eigenvalue weighted by atomic mass is 10.0. The lowest BCUT2D eigenvalue weighted by molar-refractivity contribution is -0.125. The number of benzene rings is 2. The lowest BCUT2D eigenvalue weighted by Gasteiger charge is -2.26. The van der Waals surface area contributed by atoms with Crippen molar-refractivity contribution in [2.24, 2.45) is 0 Å². The summed E-state index contributed by atoms with van der Waals surface area (Å²) < 4.78 is 0. The number of para-hydroxylation sites is 1. The van der Waals surface area contributed by atoms with Crippen molar-refractivity contribution in [3.05, 3.63) is 113 Å². The molecule has 8 nitrogen and oxygen atoms in total. The Hall–Kier alpha value is -5.29. The number of nitrogens with one attached hydrogen (secondary N) is 2. The average molecular weight is 572 g/mol. The third-order valence-electron chi connectivity index (χ3n) is 7.15. The third kappa shape index (κ3) is 7.92. The monoisotopic (exact) mass is 571 g/mol. The zero-order valence-electron chi connectivity index (χ0n) is 24.1. The molecule has 1 aliphatic rings. The molecule has 4 aromatic rings. The summed E-state index contributed by atoms with van der Waals surface area (Å²) in [6, 6.07) is 23.1. The maximum atomic E-state index is 13.3. The van der Waals surface area contributed by atoms with Crippen molar-refractivity contribution in [1.82, 2.24) is 20.6 Å². The van der Waals surface area contributed by atoms with Gasteiger partial charge in [0.25, 0.3) is 0 Å². The van der Waals surface area contributed by atoms with E-state index < -0.39 is 0 Å². The molecule has 43 heavy (non-hydrogen) atoms. The molecule has 0 aliphatic carbocycles. The molecule has 3 heterocycles. The molecule has 2 aromatic heterocycles. The van der Waals surface area contributed by atoms with Gasteiger partial charge in [0.1, 0.15) is 0 Å². The van der Waals surface area contributed by atoms with Crippen LogP contribution in [0.2, 0.25) is 0 Å². The minimum absolute atomic E-state index is 0.0545. The summed E-state index contributed by atoms with van der Waals surface area (Å²) in [5, 5.41) is 5.64. The van der Waals surface area contributed by atoms with Crippen LogP contribution >= 0.6 is 0 Å². The van der Waals surface area contributed by atoms with Crippen LogP contribution in [0.1, 0.15) is 47.1 Å². The fraction of sp³-hybridized carbons (Fsp3) is 0.229. The summed E-state index contributed by atoms with van der Waals surface area (Å²) in [6.45, 7) is 2.99. The molecule has 0 unspecified atom stereocenters. The number of rotatable bonds is 10. The number of hydrogen-bond donors (Lipinski definition) is 2. The molecule has 2 aromatic carbocycles. The molecule has 0 bridgehead atoms. The molecule has 0 spiro atoms. The third-order valence-corrected chi connectivity index (χ3v) is 7.15. The maximum Gasteiger partial charge on any atom is 0.227 e. The van der Waals surface area contributed by atoms with Crippen LogP contribution in [0, 0.1) is 18.8 Å². The molecule has 0 saturated heterocycles. The normalized spacial score (nSPS) is 11.6. The van der Waals surface area contributed by atoms with E-state index in [0.717, 1.165) is 44.9 Å². The summed E-state index contributed by atoms with van der Waals surface area (Å²) >= 11 is 0. The number of pyridine rings is 2. The number of hydrogen-bond acceptors (Lipinski definition) is 5. The fourth-order valence-corrected chi connectivity index (χ4v) is 4.85. The van der Waals surface area contributed by atoms with E-state index in [1.54, 1.807) is 17.3 Å². The number of amides is 3. The second kappa shape index (κ2) is 14.1. The number of fused-ring (bicyclic) bond motifs is 2. The van der Waals surface area contributed by atoms with Crippen LogP contribution in [0.4, 0.5) is 5.69 Å². The Morgan fingerprint density at radius 1 is 0.767 bits per heavy atom. The zero-order valence-corrected chi connectivity index (χ0v) is 24.1. The first-order valence-electron chi connectivity index (χ1n) is 14.4. The Labute approximate surface area is 251 Å². The molecular weight excluding hydrogens is 538 g/mol.